The van der Waals surface area contributed by atoms with E-state index in [1.54, 1.807) is 18.2 Å². The molecule has 6 aliphatic heterocycles. The summed E-state index contributed by atoms with van der Waals surface area (Å²) in [6, 6.07) is 26.6. The van der Waals surface area contributed by atoms with E-state index < -0.39 is 34.1 Å². The van der Waals surface area contributed by atoms with Crippen LogP contribution in [0.25, 0.3) is 0 Å². The van der Waals surface area contributed by atoms with Crippen molar-refractivity contribution >= 4 is 65.6 Å². The Bertz CT molecular complexity index is 3190. The number of hydrogen-bond acceptors (Lipinski definition) is 11. The van der Waals surface area contributed by atoms with E-state index in [9.17, 15) is 18.0 Å². The number of aliphatic imine (C=N–C) groups is 2. The molecular weight excluding hydrogens is 1080 g/mol. The Balaban J connectivity index is 0.000000119. The lowest BCUT2D eigenvalue weighted by Gasteiger charge is -2.43. The zero-order valence-electron chi connectivity index (χ0n) is 36.4. The predicted molar refractivity (Wildman–Crippen MR) is 257 cm³/mol. The van der Waals surface area contributed by atoms with Crippen molar-refractivity contribution in [1.29, 1.82) is 0 Å². The zero-order valence-corrected chi connectivity index (χ0v) is 41.1. The molecule has 12 rings (SSSR count). The van der Waals surface area contributed by atoms with Crippen LogP contribution >= 0.6 is 47.8 Å². The molecule has 3 spiro atoms. The molecule has 1 saturated heterocycles. The van der Waals surface area contributed by atoms with Gasteiger partial charge in [-0.1, -0.05) is 82.7 Å². The van der Waals surface area contributed by atoms with Gasteiger partial charge < -0.3 is 45.2 Å². The van der Waals surface area contributed by atoms with Gasteiger partial charge in [-0.05, 0) is 93.6 Å². The second kappa shape index (κ2) is 17.2. The maximum absolute atomic E-state index is 14.5. The predicted octanol–water partition coefficient (Wildman–Crippen LogP) is 10.6. The van der Waals surface area contributed by atoms with Crippen LogP contribution in [0.3, 0.4) is 0 Å². The highest BCUT2D eigenvalue weighted by atomic mass is 79.9. The number of rotatable bonds is 0. The van der Waals surface area contributed by atoms with Gasteiger partial charge in [0.2, 0.25) is 5.91 Å². The van der Waals surface area contributed by atoms with E-state index in [1.807, 2.05) is 75.4 Å². The molecular formula is C50H39Br3F3N5O7. The molecule has 0 bridgehead atoms. The summed E-state index contributed by atoms with van der Waals surface area (Å²) < 4.78 is 79.0. The minimum absolute atomic E-state index is 0.00439. The third-order valence-electron chi connectivity index (χ3n) is 12.3. The molecule has 348 valence electrons. The number of fused-ring (bicyclic) bond motifs is 12. The van der Waals surface area contributed by atoms with Crippen LogP contribution in [0, 0.1) is 38.2 Å². The number of carbonyl (C=O) groups is 1. The van der Waals surface area contributed by atoms with Crippen LogP contribution in [0.2, 0.25) is 0 Å². The summed E-state index contributed by atoms with van der Waals surface area (Å²) in [4.78, 5) is 21.2. The van der Waals surface area contributed by atoms with E-state index in [2.05, 4.69) is 63.1 Å². The van der Waals surface area contributed by atoms with E-state index in [4.69, 9.17) is 39.9 Å². The molecule has 6 heterocycles. The van der Waals surface area contributed by atoms with Crippen LogP contribution in [0.5, 0.6) is 34.5 Å². The summed E-state index contributed by atoms with van der Waals surface area (Å²) in [5.74, 6) is 0.898. The molecule has 1 fully saturated rings. The van der Waals surface area contributed by atoms with Crippen LogP contribution < -0.4 is 31.0 Å². The Morgan fingerprint density at radius 3 is 1.46 bits per heavy atom. The number of hydrogen-bond donors (Lipinski definition) is 3. The molecule has 6 aromatic carbocycles. The Labute approximate surface area is 413 Å². The number of nitrogens with one attached hydrogen (secondary N) is 1. The van der Waals surface area contributed by atoms with Crippen molar-refractivity contribution in [1.82, 2.24) is 5.32 Å². The monoisotopic (exact) mass is 1120 g/mol. The first-order valence-electron chi connectivity index (χ1n) is 21.1. The van der Waals surface area contributed by atoms with E-state index in [1.165, 1.54) is 18.2 Å². The van der Waals surface area contributed by atoms with E-state index in [-0.39, 0.29) is 62.2 Å². The van der Waals surface area contributed by atoms with Crippen LogP contribution in [-0.4, -0.2) is 50.8 Å². The van der Waals surface area contributed by atoms with E-state index in [0.29, 0.717) is 53.2 Å². The number of halogens is 6. The summed E-state index contributed by atoms with van der Waals surface area (Å²) in [7, 11) is 0. The maximum Gasteiger partial charge on any atom is 0.283 e. The number of benzene rings is 6. The minimum Gasteiger partial charge on any atom is -0.462 e. The van der Waals surface area contributed by atoms with Gasteiger partial charge in [0, 0.05) is 46.8 Å². The molecule has 0 saturated carbocycles. The molecule has 1 amide bonds. The number of carbonyl (C=O) groups excluding carboxylic acids is 1. The van der Waals surface area contributed by atoms with Crippen LogP contribution in [0.4, 0.5) is 13.2 Å². The number of amides is 1. The van der Waals surface area contributed by atoms with Crippen molar-refractivity contribution in [2.75, 3.05) is 33.0 Å². The normalized spacial score (nSPS) is 22.0. The first-order valence-corrected chi connectivity index (χ1v) is 23.5. The number of morpholine rings is 1. The average Bonchev–Trinajstić information content (AvgIpc) is 3.68. The van der Waals surface area contributed by atoms with Gasteiger partial charge >= 0.3 is 0 Å². The maximum atomic E-state index is 14.5. The number of amidine groups is 2. The Hall–Kier alpha value is -5.92. The number of nitrogens with zero attached hydrogens (tertiary/aromatic N) is 2. The standard InChI is InChI=1S/C17H14BrFN2O2.C17H13BrFNO3.C16H12BrFN2O2/c1-9-2-3-14-11(4-9)17(8-22-7-15(20)21-17)12-5-10(18)6-13(19)16(12)23-14;1-9-2-3-14-11(4-9)17(8-22-7-15(21)20-17)12-5-10(18)6-13(19)16(12)23-14;1-8-2-3-13-10(4-8)16(7-21-15(19)20-16)11-5-9(17)6-12(18)14(11)22-13/h2-6H,7-8H2,1H3,(H2,20,21);2-6H,7-8H2,1H3,(H,20,21);2-6H,7H2,1H3,(H2,19,20)/t2*17-;16-/m000/s1. The summed E-state index contributed by atoms with van der Waals surface area (Å²) >= 11 is 9.98. The number of nitrogens with two attached hydrogens (primary N) is 2. The van der Waals surface area contributed by atoms with Gasteiger partial charge in [-0.3, -0.25) is 9.79 Å². The molecule has 6 aromatic rings. The van der Waals surface area contributed by atoms with Gasteiger partial charge in [0.05, 0.1) is 13.2 Å². The summed E-state index contributed by atoms with van der Waals surface area (Å²) in [5, 5.41) is 2.99. The smallest absolute Gasteiger partial charge is 0.283 e. The van der Waals surface area contributed by atoms with Crippen molar-refractivity contribution in [2.24, 2.45) is 21.5 Å². The van der Waals surface area contributed by atoms with Crippen molar-refractivity contribution in [3.63, 3.8) is 0 Å². The molecule has 68 heavy (non-hydrogen) atoms. The van der Waals surface area contributed by atoms with Gasteiger partial charge in [-0.2, -0.15) is 0 Å². The highest BCUT2D eigenvalue weighted by molar-refractivity contribution is 9.11. The summed E-state index contributed by atoms with van der Waals surface area (Å²) in [6.07, 6.45) is 0. The first kappa shape index (κ1) is 45.8. The van der Waals surface area contributed by atoms with E-state index >= 15 is 0 Å². The lowest BCUT2D eigenvalue weighted by atomic mass is 9.79. The molecule has 0 aliphatic carbocycles. The SMILES string of the molecule is Cc1ccc2c(c1)[C@@]1(COC(N)=N1)c1cc(Br)cc(F)c1O2.Cc1ccc2c(c1)[C@@]1(COCC(=O)N1)c1cc(Br)cc(F)c1O2.Cc1ccc2c(c1)[C@@]1(COCC(N)=N1)c1cc(Br)cc(F)c1O2. The fraction of sp³-hybridized carbons (Fsp3) is 0.220. The lowest BCUT2D eigenvalue weighted by Crippen LogP contribution is -2.56. The second-order valence-electron chi connectivity index (χ2n) is 17.1. The fourth-order valence-corrected chi connectivity index (χ4v) is 10.7. The Kier molecular flexibility index (Phi) is 11.6. The van der Waals surface area contributed by atoms with Crippen LogP contribution in [0.15, 0.2) is 114 Å². The molecule has 0 unspecified atom stereocenters. The largest absolute Gasteiger partial charge is 0.462 e. The lowest BCUT2D eigenvalue weighted by molar-refractivity contribution is -0.134. The van der Waals surface area contributed by atoms with E-state index in [0.717, 1.165) is 33.4 Å². The third-order valence-corrected chi connectivity index (χ3v) is 13.7. The van der Waals surface area contributed by atoms with Gasteiger partial charge in [0.15, 0.2) is 40.2 Å². The van der Waals surface area contributed by atoms with Gasteiger partial charge in [-0.15, -0.1) is 0 Å². The highest BCUT2D eigenvalue weighted by Crippen LogP contribution is 2.54. The molecule has 6 aliphatic rings. The van der Waals surface area contributed by atoms with Gasteiger partial charge in [0.1, 0.15) is 54.0 Å². The molecule has 5 N–H and O–H groups in total. The third kappa shape index (κ3) is 7.79. The van der Waals surface area contributed by atoms with Crippen molar-refractivity contribution in [3.05, 3.63) is 172 Å². The van der Waals surface area contributed by atoms with Crippen molar-refractivity contribution in [2.45, 2.75) is 37.4 Å². The van der Waals surface area contributed by atoms with Crippen LogP contribution in [-0.2, 0) is 35.6 Å². The quantitative estimate of drug-likeness (QED) is 0.134. The van der Waals surface area contributed by atoms with Crippen LogP contribution in [0.1, 0.15) is 50.1 Å². The Morgan fingerprint density at radius 2 is 0.985 bits per heavy atom. The Morgan fingerprint density at radius 1 is 0.544 bits per heavy atom. The molecule has 0 radical (unpaired) electrons. The zero-order chi connectivity index (χ0) is 47.9. The van der Waals surface area contributed by atoms with Gasteiger partial charge in [0.25, 0.3) is 6.02 Å². The minimum atomic E-state index is -0.950. The van der Waals surface area contributed by atoms with Gasteiger partial charge in [-0.25, -0.2) is 18.2 Å². The fourth-order valence-electron chi connectivity index (χ4n) is 9.36. The summed E-state index contributed by atoms with van der Waals surface area (Å²) in [5.41, 5.74) is 16.3. The molecule has 0 aromatic heterocycles. The van der Waals surface area contributed by atoms with Crippen molar-refractivity contribution < 1.29 is 46.4 Å². The average molecular weight is 1120 g/mol. The number of aryl methyl sites for hydroxylation is 3. The highest BCUT2D eigenvalue weighted by Gasteiger charge is 2.50. The molecule has 3 atom stereocenters. The second-order valence-corrected chi connectivity index (χ2v) is 19.8. The molecule has 18 heteroatoms. The van der Waals surface area contributed by atoms with Crippen molar-refractivity contribution in [3.8, 4) is 34.5 Å². The molecule has 12 nitrogen and oxygen atoms in total. The number of ether oxygens (including phenoxy) is 6. The topological polar surface area (TPSA) is 161 Å². The summed E-state index contributed by atoms with van der Waals surface area (Å²) in [6.45, 7) is 6.93. The first-order chi connectivity index (χ1) is 32.5.